The van der Waals surface area contributed by atoms with E-state index in [2.05, 4.69) is 4.84 Å². The summed E-state index contributed by atoms with van der Waals surface area (Å²) in [5, 5.41) is 8.19. The molecule has 0 aliphatic carbocycles. The van der Waals surface area contributed by atoms with Crippen LogP contribution in [0.5, 0.6) is 0 Å². The number of carboxylic acid groups (broad SMARTS) is 1. The Morgan fingerprint density at radius 1 is 1.50 bits per heavy atom. The van der Waals surface area contributed by atoms with Crippen LogP contribution in [0.1, 0.15) is 5.56 Å². The molecule has 0 aromatic heterocycles. The zero-order valence-electron chi connectivity index (χ0n) is 9.02. The third kappa shape index (κ3) is 4.94. The average molecular weight is 274 g/mol. The minimum atomic E-state index is -1.20. The first-order valence-corrected chi connectivity index (χ1v) is 5.13. The van der Waals surface area contributed by atoms with E-state index in [-0.39, 0.29) is 5.02 Å². The second kappa shape index (κ2) is 6.73. The number of carboxylic acids is 1. The predicted octanol–water partition coefficient (Wildman–Crippen LogP) is 1.62. The van der Waals surface area contributed by atoms with Gasteiger partial charge >= 0.3 is 5.97 Å². The van der Waals surface area contributed by atoms with E-state index < -0.39 is 24.3 Å². The lowest BCUT2D eigenvalue weighted by molar-refractivity contribution is -0.147. The summed E-state index contributed by atoms with van der Waals surface area (Å²) in [5.41, 5.74) is 2.42. The van der Waals surface area contributed by atoms with Crippen LogP contribution in [-0.4, -0.2) is 23.6 Å². The number of carbonyl (C=O) groups excluding carboxylic acids is 1. The molecule has 1 aromatic rings. The van der Waals surface area contributed by atoms with Crippen molar-refractivity contribution in [2.75, 3.05) is 6.61 Å². The van der Waals surface area contributed by atoms with Gasteiger partial charge in [-0.05, 0) is 23.8 Å². The number of aliphatic carboxylic acids is 1. The minimum absolute atomic E-state index is 0.0558. The number of amides is 1. The van der Waals surface area contributed by atoms with E-state index in [0.29, 0.717) is 5.56 Å². The van der Waals surface area contributed by atoms with Gasteiger partial charge in [-0.3, -0.25) is 9.63 Å². The fraction of sp³-hybridized carbons (Fsp3) is 0.0909. The largest absolute Gasteiger partial charge is 0.479 e. The molecule has 0 atom stereocenters. The molecule has 0 radical (unpaired) electrons. The summed E-state index contributed by atoms with van der Waals surface area (Å²) in [7, 11) is 0. The Hall–Kier alpha value is -1.92. The van der Waals surface area contributed by atoms with Crippen molar-refractivity contribution < 1.29 is 23.9 Å². The lowest BCUT2D eigenvalue weighted by Crippen LogP contribution is -2.24. The molecule has 0 fully saturated rings. The van der Waals surface area contributed by atoms with Crippen molar-refractivity contribution in [2.24, 2.45) is 0 Å². The average Bonchev–Trinajstić information content (AvgIpc) is 2.30. The second-order valence-electron chi connectivity index (χ2n) is 3.16. The number of carbonyl (C=O) groups is 2. The van der Waals surface area contributed by atoms with Crippen LogP contribution >= 0.6 is 11.6 Å². The molecule has 0 spiro atoms. The first kappa shape index (κ1) is 14.1. The summed E-state index contributed by atoms with van der Waals surface area (Å²) >= 11 is 5.55. The Morgan fingerprint density at radius 3 is 2.83 bits per heavy atom. The highest BCUT2D eigenvalue weighted by atomic mass is 35.5. The van der Waals surface area contributed by atoms with E-state index in [1.165, 1.54) is 24.3 Å². The summed E-state index contributed by atoms with van der Waals surface area (Å²) in [6.45, 7) is -0.637. The number of hydrogen-bond donors (Lipinski definition) is 2. The van der Waals surface area contributed by atoms with Crippen molar-refractivity contribution in [3.8, 4) is 0 Å². The zero-order valence-corrected chi connectivity index (χ0v) is 9.78. The molecule has 7 heteroatoms. The summed E-state index contributed by atoms with van der Waals surface area (Å²) in [5.74, 6) is -2.40. The molecule has 1 rings (SSSR count). The number of rotatable bonds is 5. The summed E-state index contributed by atoms with van der Waals surface area (Å²) in [4.78, 5) is 25.6. The molecule has 0 aliphatic heterocycles. The zero-order chi connectivity index (χ0) is 13.5. The molecular weight excluding hydrogens is 265 g/mol. The Labute approximate surface area is 107 Å². The minimum Gasteiger partial charge on any atom is -0.479 e. The highest BCUT2D eigenvalue weighted by molar-refractivity contribution is 6.30. The lowest BCUT2D eigenvalue weighted by atomic mass is 10.2. The van der Waals surface area contributed by atoms with Gasteiger partial charge in [0.15, 0.2) is 6.61 Å². The van der Waals surface area contributed by atoms with E-state index in [1.807, 2.05) is 5.48 Å². The molecule has 5 nitrogen and oxygen atoms in total. The number of benzene rings is 1. The van der Waals surface area contributed by atoms with Crippen molar-refractivity contribution in [2.45, 2.75) is 0 Å². The molecule has 18 heavy (non-hydrogen) atoms. The van der Waals surface area contributed by atoms with E-state index >= 15 is 0 Å². The summed E-state index contributed by atoms with van der Waals surface area (Å²) < 4.78 is 12.8. The maximum absolute atomic E-state index is 12.8. The second-order valence-corrected chi connectivity index (χ2v) is 3.56. The molecule has 0 bridgehead atoms. The topological polar surface area (TPSA) is 75.6 Å². The molecular formula is C11H9ClFNO4. The first-order chi connectivity index (χ1) is 8.49. The lowest BCUT2D eigenvalue weighted by Gasteiger charge is -1.99. The quantitative estimate of drug-likeness (QED) is 0.631. The Kier molecular flexibility index (Phi) is 5.29. The number of hydroxylamine groups is 1. The van der Waals surface area contributed by atoms with Crippen LogP contribution in [0.3, 0.4) is 0 Å². The molecule has 0 saturated carbocycles. The van der Waals surface area contributed by atoms with Gasteiger partial charge in [-0.1, -0.05) is 17.7 Å². The Morgan fingerprint density at radius 2 is 2.22 bits per heavy atom. The van der Waals surface area contributed by atoms with Gasteiger partial charge in [0.25, 0.3) is 5.91 Å². The van der Waals surface area contributed by atoms with Gasteiger partial charge in [0.05, 0.1) is 5.02 Å². The predicted molar refractivity (Wildman–Crippen MR) is 62.2 cm³/mol. The van der Waals surface area contributed by atoms with Crippen LogP contribution < -0.4 is 5.48 Å². The highest BCUT2D eigenvalue weighted by Crippen LogP contribution is 2.16. The van der Waals surface area contributed by atoms with E-state index in [9.17, 15) is 14.0 Å². The van der Waals surface area contributed by atoms with Crippen LogP contribution in [0, 0.1) is 5.82 Å². The maximum atomic E-state index is 12.8. The molecule has 2 N–H and O–H groups in total. The van der Waals surface area contributed by atoms with Gasteiger partial charge in [0.1, 0.15) is 5.82 Å². The number of hydrogen-bond acceptors (Lipinski definition) is 3. The van der Waals surface area contributed by atoms with Crippen LogP contribution in [0.25, 0.3) is 6.08 Å². The number of nitrogens with one attached hydrogen (secondary N) is 1. The maximum Gasteiger partial charge on any atom is 0.332 e. The molecule has 0 unspecified atom stereocenters. The van der Waals surface area contributed by atoms with E-state index in [1.54, 1.807) is 0 Å². The Balaban J connectivity index is 2.50. The summed E-state index contributed by atoms with van der Waals surface area (Å²) in [6.07, 6.45) is 2.48. The van der Waals surface area contributed by atoms with Crippen molar-refractivity contribution in [1.29, 1.82) is 0 Å². The molecule has 0 heterocycles. The van der Waals surface area contributed by atoms with Crippen molar-refractivity contribution in [1.82, 2.24) is 5.48 Å². The fourth-order valence-electron chi connectivity index (χ4n) is 0.991. The van der Waals surface area contributed by atoms with Crippen LogP contribution in [0.15, 0.2) is 24.3 Å². The smallest absolute Gasteiger partial charge is 0.332 e. The van der Waals surface area contributed by atoms with Gasteiger partial charge in [-0.25, -0.2) is 14.7 Å². The van der Waals surface area contributed by atoms with E-state index in [0.717, 1.165) is 6.08 Å². The Bertz CT molecular complexity index is 490. The van der Waals surface area contributed by atoms with Gasteiger partial charge in [-0.2, -0.15) is 0 Å². The third-order valence-corrected chi connectivity index (χ3v) is 2.03. The monoisotopic (exact) mass is 273 g/mol. The SMILES string of the molecule is O=C(O)CONC(=O)C=Cc1ccc(F)c(Cl)c1. The highest BCUT2D eigenvalue weighted by Gasteiger charge is 2.01. The van der Waals surface area contributed by atoms with Gasteiger partial charge in [0.2, 0.25) is 0 Å². The van der Waals surface area contributed by atoms with Gasteiger partial charge in [0, 0.05) is 6.08 Å². The van der Waals surface area contributed by atoms with Crippen molar-refractivity contribution >= 4 is 29.6 Å². The normalized spacial score (nSPS) is 10.6. The molecule has 0 saturated heterocycles. The van der Waals surface area contributed by atoms with Crippen molar-refractivity contribution in [3.63, 3.8) is 0 Å². The molecule has 1 amide bonds. The molecule has 0 aliphatic rings. The third-order valence-electron chi connectivity index (χ3n) is 1.74. The molecule has 1 aromatic carbocycles. The van der Waals surface area contributed by atoms with Crippen molar-refractivity contribution in [3.05, 3.63) is 40.7 Å². The van der Waals surface area contributed by atoms with Gasteiger partial charge in [-0.15, -0.1) is 0 Å². The van der Waals surface area contributed by atoms with Gasteiger partial charge < -0.3 is 5.11 Å². The van der Waals surface area contributed by atoms with Crippen LogP contribution in [0.4, 0.5) is 4.39 Å². The van der Waals surface area contributed by atoms with E-state index in [4.69, 9.17) is 16.7 Å². The van der Waals surface area contributed by atoms with Crippen LogP contribution in [0.2, 0.25) is 5.02 Å². The standard InChI is InChI=1S/C11H9ClFNO4/c12-8-5-7(1-3-9(8)13)2-4-10(15)14-18-6-11(16)17/h1-5H,6H2,(H,14,15)(H,16,17). The van der Waals surface area contributed by atoms with Crippen LogP contribution in [-0.2, 0) is 14.4 Å². The summed E-state index contributed by atoms with van der Waals surface area (Å²) in [6, 6.07) is 3.95. The number of halogens is 2. The fourth-order valence-corrected chi connectivity index (χ4v) is 1.18. The molecule has 96 valence electrons. The first-order valence-electron chi connectivity index (χ1n) is 4.75.